The molecule has 0 radical (unpaired) electrons. The van der Waals surface area contributed by atoms with Gasteiger partial charge in [0.15, 0.2) is 0 Å². The van der Waals surface area contributed by atoms with E-state index in [2.05, 4.69) is 26.1 Å². The van der Waals surface area contributed by atoms with Gasteiger partial charge in [-0.15, -0.1) is 0 Å². The summed E-state index contributed by atoms with van der Waals surface area (Å²) in [6.07, 6.45) is 1.13. The van der Waals surface area contributed by atoms with E-state index >= 15 is 0 Å². The molecule has 0 aliphatic heterocycles. The lowest BCUT2D eigenvalue weighted by Crippen LogP contribution is -2.55. The summed E-state index contributed by atoms with van der Waals surface area (Å²) in [6.45, 7) is 8.08. The van der Waals surface area contributed by atoms with Crippen LogP contribution in [0.25, 0.3) is 0 Å². The highest BCUT2D eigenvalue weighted by atomic mass is 16.5. The molecule has 1 aromatic rings. The third-order valence-corrected chi connectivity index (χ3v) is 6.69. The number of rotatable bonds is 15. The second kappa shape index (κ2) is 17.2. The number of carbonyl (C=O) groups excluding carboxylic acids is 4. The van der Waals surface area contributed by atoms with Crippen molar-refractivity contribution in [1.82, 2.24) is 26.4 Å². The van der Waals surface area contributed by atoms with Crippen molar-refractivity contribution in [3.8, 4) is 0 Å². The van der Waals surface area contributed by atoms with Gasteiger partial charge in [0.05, 0.1) is 14.2 Å². The van der Waals surface area contributed by atoms with Crippen LogP contribution in [0.1, 0.15) is 52.5 Å². The summed E-state index contributed by atoms with van der Waals surface area (Å²) in [5.41, 5.74) is 3.86. The summed E-state index contributed by atoms with van der Waals surface area (Å²) in [7, 11) is 4.24. The molecule has 0 spiro atoms. The number of hydrazine groups is 1. The quantitative estimate of drug-likeness (QED) is 0.253. The third-order valence-electron chi connectivity index (χ3n) is 6.69. The second-order valence-corrected chi connectivity index (χ2v) is 9.58. The van der Waals surface area contributed by atoms with Crippen LogP contribution in [0.15, 0.2) is 30.3 Å². The van der Waals surface area contributed by atoms with Crippen molar-refractivity contribution in [3.63, 3.8) is 0 Å². The molecule has 0 aromatic heterocycles. The zero-order valence-electron chi connectivity index (χ0n) is 23.7. The van der Waals surface area contributed by atoms with Gasteiger partial charge in [0.25, 0.3) is 5.91 Å². The summed E-state index contributed by atoms with van der Waals surface area (Å²) in [5, 5.41) is 9.95. The van der Waals surface area contributed by atoms with Gasteiger partial charge in [-0.25, -0.2) is 14.6 Å². The van der Waals surface area contributed by atoms with E-state index in [4.69, 9.17) is 4.74 Å². The van der Waals surface area contributed by atoms with E-state index in [1.165, 1.54) is 14.2 Å². The Labute approximate surface area is 226 Å². The highest BCUT2D eigenvalue weighted by Gasteiger charge is 2.29. The monoisotopic (exact) mass is 535 g/mol. The molecule has 5 atom stereocenters. The number of hydrogen-bond donors (Lipinski definition) is 4. The standard InChI is InChI=1S/C27H45N5O6/c1-8-18(3)22(29-26(35)37-6)24(33)28-21(17-20-13-11-10-12-14-20)15-16-32(5)31-25(34)23(19(4)9-2)30-27(36)38-7/h10-14,18-19,21-23H,8-9,15-17H2,1-7H3,(H,28,33)(H,29,35)(H,30,36)(H,31,34)/t18-,19-,21+,22-,23-/m0/s1. The maximum absolute atomic E-state index is 13.2. The molecule has 0 aliphatic carbocycles. The van der Waals surface area contributed by atoms with E-state index in [0.29, 0.717) is 32.2 Å². The average molecular weight is 536 g/mol. The first-order valence-corrected chi connectivity index (χ1v) is 13.1. The van der Waals surface area contributed by atoms with Gasteiger partial charge in [-0.2, -0.15) is 0 Å². The first-order chi connectivity index (χ1) is 18.1. The third kappa shape index (κ3) is 11.4. The highest BCUT2D eigenvalue weighted by Crippen LogP contribution is 2.12. The van der Waals surface area contributed by atoms with Gasteiger partial charge in [-0.05, 0) is 30.2 Å². The summed E-state index contributed by atoms with van der Waals surface area (Å²) in [5.74, 6) is -0.854. The van der Waals surface area contributed by atoms with Gasteiger partial charge in [0, 0.05) is 19.6 Å². The molecule has 11 nitrogen and oxygen atoms in total. The van der Waals surface area contributed by atoms with Crippen LogP contribution in [-0.4, -0.2) is 74.9 Å². The van der Waals surface area contributed by atoms with Gasteiger partial charge in [-0.1, -0.05) is 70.9 Å². The molecule has 0 saturated heterocycles. The maximum Gasteiger partial charge on any atom is 0.407 e. The summed E-state index contributed by atoms with van der Waals surface area (Å²) in [6, 6.07) is 8.00. The average Bonchev–Trinajstić information content (AvgIpc) is 2.92. The van der Waals surface area contributed by atoms with Crippen LogP contribution in [0.3, 0.4) is 0 Å². The van der Waals surface area contributed by atoms with Crippen LogP contribution >= 0.6 is 0 Å². The number of alkyl carbamates (subject to hydrolysis) is 2. The van der Waals surface area contributed by atoms with E-state index in [1.54, 1.807) is 12.1 Å². The molecule has 0 saturated carbocycles. The lowest BCUT2D eigenvalue weighted by atomic mass is 9.97. The lowest BCUT2D eigenvalue weighted by Gasteiger charge is -2.29. The molecule has 38 heavy (non-hydrogen) atoms. The van der Waals surface area contributed by atoms with Crippen LogP contribution in [0, 0.1) is 11.8 Å². The van der Waals surface area contributed by atoms with Crippen LogP contribution < -0.4 is 21.4 Å². The maximum atomic E-state index is 13.2. The zero-order chi connectivity index (χ0) is 28.7. The van der Waals surface area contributed by atoms with Crippen molar-refractivity contribution >= 4 is 24.0 Å². The molecule has 0 heterocycles. The van der Waals surface area contributed by atoms with Crippen LogP contribution in [0.5, 0.6) is 0 Å². The molecular weight excluding hydrogens is 490 g/mol. The predicted octanol–water partition coefficient (Wildman–Crippen LogP) is 2.61. The van der Waals surface area contributed by atoms with Crippen molar-refractivity contribution in [2.75, 3.05) is 27.8 Å². The van der Waals surface area contributed by atoms with Crippen molar-refractivity contribution in [2.45, 2.75) is 71.5 Å². The number of amides is 4. The minimum Gasteiger partial charge on any atom is -0.453 e. The number of nitrogens with one attached hydrogen (secondary N) is 4. The summed E-state index contributed by atoms with van der Waals surface area (Å²) in [4.78, 5) is 49.7. The Balaban J connectivity index is 2.94. The van der Waals surface area contributed by atoms with Crippen molar-refractivity contribution < 1.29 is 28.7 Å². The Hall–Kier alpha value is -3.34. The van der Waals surface area contributed by atoms with E-state index in [0.717, 1.165) is 5.56 Å². The van der Waals surface area contributed by atoms with Crippen molar-refractivity contribution in [1.29, 1.82) is 0 Å². The number of methoxy groups -OCH3 is 2. The molecule has 4 amide bonds. The predicted molar refractivity (Wildman–Crippen MR) is 145 cm³/mol. The van der Waals surface area contributed by atoms with Gasteiger partial charge in [0.2, 0.25) is 5.91 Å². The number of carbonyl (C=O) groups is 4. The van der Waals surface area contributed by atoms with E-state index in [9.17, 15) is 19.2 Å². The van der Waals surface area contributed by atoms with E-state index in [1.807, 2.05) is 58.0 Å². The first-order valence-electron chi connectivity index (χ1n) is 13.1. The molecule has 0 unspecified atom stereocenters. The second-order valence-electron chi connectivity index (χ2n) is 9.58. The molecular formula is C27H45N5O6. The number of benzene rings is 1. The molecule has 214 valence electrons. The molecule has 11 heteroatoms. The van der Waals surface area contributed by atoms with E-state index < -0.39 is 24.3 Å². The Morgan fingerprint density at radius 1 is 0.816 bits per heavy atom. The Morgan fingerprint density at radius 2 is 1.32 bits per heavy atom. The first kappa shape index (κ1) is 32.7. The Kier molecular flexibility index (Phi) is 14.8. The fraction of sp³-hybridized carbons (Fsp3) is 0.630. The van der Waals surface area contributed by atoms with Gasteiger partial charge >= 0.3 is 12.2 Å². The SMILES string of the molecule is CC[C@H](C)[C@H](NC(=O)OC)C(=O)N[C@H](CCN(C)NC(=O)[C@@H](NC(=O)OC)[C@@H](C)CC)Cc1ccccc1. The van der Waals surface area contributed by atoms with Crippen molar-refractivity contribution in [2.24, 2.45) is 11.8 Å². The fourth-order valence-electron chi connectivity index (χ4n) is 3.85. The summed E-state index contributed by atoms with van der Waals surface area (Å²) >= 11 is 0. The fourth-order valence-corrected chi connectivity index (χ4v) is 3.85. The lowest BCUT2D eigenvalue weighted by molar-refractivity contribution is -0.129. The van der Waals surface area contributed by atoms with Crippen LogP contribution in [0.4, 0.5) is 9.59 Å². The van der Waals surface area contributed by atoms with E-state index in [-0.39, 0.29) is 29.7 Å². The molecule has 1 rings (SSSR count). The van der Waals surface area contributed by atoms with Crippen LogP contribution in [-0.2, 0) is 25.5 Å². The molecule has 0 fully saturated rings. The topological polar surface area (TPSA) is 138 Å². The molecule has 0 bridgehead atoms. The molecule has 0 aliphatic rings. The Bertz CT molecular complexity index is 884. The van der Waals surface area contributed by atoms with Gasteiger partial charge < -0.3 is 25.4 Å². The largest absolute Gasteiger partial charge is 0.453 e. The number of nitrogens with zero attached hydrogens (tertiary/aromatic N) is 1. The minimum atomic E-state index is -0.754. The minimum absolute atomic E-state index is 0.103. The molecule has 4 N–H and O–H groups in total. The van der Waals surface area contributed by atoms with Gasteiger partial charge in [0.1, 0.15) is 12.1 Å². The normalized spacial score (nSPS) is 14.8. The Morgan fingerprint density at radius 3 is 1.79 bits per heavy atom. The highest BCUT2D eigenvalue weighted by molar-refractivity contribution is 5.86. The summed E-state index contributed by atoms with van der Waals surface area (Å²) < 4.78 is 9.37. The van der Waals surface area contributed by atoms with Gasteiger partial charge in [-0.3, -0.25) is 15.0 Å². The molecule has 1 aromatic carbocycles. The zero-order valence-corrected chi connectivity index (χ0v) is 23.7. The number of ether oxygens (including phenoxy) is 2. The number of hydrogen-bond acceptors (Lipinski definition) is 7. The smallest absolute Gasteiger partial charge is 0.407 e. The van der Waals surface area contributed by atoms with Crippen LogP contribution in [0.2, 0.25) is 0 Å². The van der Waals surface area contributed by atoms with Crippen molar-refractivity contribution in [3.05, 3.63) is 35.9 Å².